The molecule has 26 heavy (non-hydrogen) atoms. The van der Waals surface area contributed by atoms with Crippen LogP contribution >= 0.6 is 11.8 Å². The third-order valence-electron chi connectivity index (χ3n) is 5.08. The number of carbonyl (C=O) groups is 1. The molecule has 0 bridgehead atoms. The summed E-state index contributed by atoms with van der Waals surface area (Å²) in [6.07, 6.45) is 3.44. The number of carbonyl (C=O) groups excluding carboxylic acids is 1. The average molecular weight is 372 g/mol. The molecular formula is C20H24N2O3S. The highest BCUT2D eigenvalue weighted by Gasteiger charge is 2.23. The van der Waals surface area contributed by atoms with Crippen LogP contribution in [0.2, 0.25) is 0 Å². The van der Waals surface area contributed by atoms with Crippen molar-refractivity contribution in [3.63, 3.8) is 0 Å². The lowest BCUT2D eigenvalue weighted by Gasteiger charge is -2.33. The third kappa shape index (κ3) is 3.47. The van der Waals surface area contributed by atoms with Gasteiger partial charge in [0.2, 0.25) is 5.91 Å². The summed E-state index contributed by atoms with van der Waals surface area (Å²) < 4.78 is 11.3. The van der Waals surface area contributed by atoms with E-state index in [4.69, 9.17) is 14.5 Å². The first-order valence-corrected chi connectivity index (χ1v) is 10.2. The molecule has 1 amide bonds. The third-order valence-corrected chi connectivity index (χ3v) is 6.16. The van der Waals surface area contributed by atoms with Gasteiger partial charge in [0, 0.05) is 24.0 Å². The fourth-order valence-corrected chi connectivity index (χ4v) is 4.50. The maximum absolute atomic E-state index is 12.6. The predicted molar refractivity (Wildman–Crippen MR) is 103 cm³/mol. The lowest BCUT2D eigenvalue weighted by molar-refractivity contribution is -0.131. The topological polar surface area (TPSA) is 51.7 Å². The number of benzene rings is 1. The van der Waals surface area contributed by atoms with Crippen molar-refractivity contribution in [2.24, 2.45) is 0 Å². The second-order valence-corrected chi connectivity index (χ2v) is 7.98. The van der Waals surface area contributed by atoms with Crippen molar-refractivity contribution >= 4 is 28.6 Å². The Hall–Kier alpha value is -1.95. The molecule has 0 spiro atoms. The summed E-state index contributed by atoms with van der Waals surface area (Å²) in [4.78, 5) is 19.4. The van der Waals surface area contributed by atoms with E-state index >= 15 is 0 Å². The summed E-state index contributed by atoms with van der Waals surface area (Å²) >= 11 is 1.53. The minimum absolute atomic E-state index is 0.214. The normalized spacial score (nSPS) is 19.6. The molecule has 1 saturated heterocycles. The van der Waals surface area contributed by atoms with Gasteiger partial charge in [0.25, 0.3) is 0 Å². The summed E-state index contributed by atoms with van der Waals surface area (Å²) in [5.41, 5.74) is 1.96. The van der Waals surface area contributed by atoms with Crippen molar-refractivity contribution in [2.45, 2.75) is 44.2 Å². The number of aryl methyl sites for hydroxylation is 1. The molecular weight excluding hydrogens is 348 g/mol. The fourth-order valence-electron chi connectivity index (χ4n) is 3.63. The molecule has 3 heterocycles. The van der Waals surface area contributed by atoms with Gasteiger partial charge >= 0.3 is 0 Å². The Morgan fingerprint density at radius 3 is 2.77 bits per heavy atom. The van der Waals surface area contributed by atoms with Gasteiger partial charge in [0.1, 0.15) is 18.2 Å². The quantitative estimate of drug-likeness (QED) is 0.767. The van der Waals surface area contributed by atoms with E-state index in [0.29, 0.717) is 25.0 Å². The van der Waals surface area contributed by atoms with Crippen molar-refractivity contribution < 1.29 is 14.3 Å². The highest BCUT2D eigenvalue weighted by atomic mass is 32.2. The van der Waals surface area contributed by atoms with Crippen LogP contribution in [0.25, 0.3) is 10.9 Å². The molecule has 1 aromatic heterocycles. The molecule has 0 N–H and O–H groups in total. The number of pyridine rings is 1. The fraction of sp³-hybridized carbons (Fsp3) is 0.500. The molecule has 1 fully saturated rings. The molecule has 0 aliphatic carbocycles. The number of fused-ring (bicyclic) bond motifs is 2. The standard InChI is InChI=1S/C20H24N2O3S/c1-13-9-15-10-17-18(25-8-7-24-17)11-16(15)21-20(13)26-12-19(23)22-6-4-3-5-14(22)2/h9-11,14H,3-8,12H2,1-2H3. The summed E-state index contributed by atoms with van der Waals surface area (Å²) in [5.74, 6) is 2.17. The molecule has 1 unspecified atom stereocenters. The minimum atomic E-state index is 0.214. The maximum Gasteiger partial charge on any atom is 0.233 e. The van der Waals surface area contributed by atoms with Crippen LogP contribution < -0.4 is 9.47 Å². The van der Waals surface area contributed by atoms with Gasteiger partial charge in [-0.15, -0.1) is 0 Å². The molecule has 0 saturated carbocycles. The highest BCUT2D eigenvalue weighted by molar-refractivity contribution is 7.99. The molecule has 0 radical (unpaired) electrons. The molecule has 2 aromatic rings. The van der Waals surface area contributed by atoms with Crippen LogP contribution in [-0.2, 0) is 4.79 Å². The van der Waals surface area contributed by atoms with Gasteiger partial charge in [0.05, 0.1) is 11.3 Å². The summed E-state index contributed by atoms with van der Waals surface area (Å²) in [5, 5.41) is 1.94. The Kier molecular flexibility index (Phi) is 4.94. The van der Waals surface area contributed by atoms with E-state index in [2.05, 4.69) is 13.0 Å². The SMILES string of the molecule is Cc1cc2cc3c(cc2nc1SCC(=O)N1CCCCC1C)OCCO3. The number of amides is 1. The zero-order valence-electron chi connectivity index (χ0n) is 15.3. The van der Waals surface area contributed by atoms with E-state index in [0.717, 1.165) is 52.4 Å². The Morgan fingerprint density at radius 2 is 2.00 bits per heavy atom. The molecule has 2 aliphatic heterocycles. The van der Waals surface area contributed by atoms with Gasteiger partial charge in [-0.05, 0) is 50.8 Å². The smallest absolute Gasteiger partial charge is 0.233 e. The second kappa shape index (κ2) is 7.35. The van der Waals surface area contributed by atoms with Crippen LogP contribution in [0.15, 0.2) is 23.2 Å². The van der Waals surface area contributed by atoms with E-state index in [1.807, 2.05) is 24.0 Å². The molecule has 2 aliphatic rings. The molecule has 5 nitrogen and oxygen atoms in total. The van der Waals surface area contributed by atoms with Crippen molar-refractivity contribution in [3.8, 4) is 11.5 Å². The average Bonchev–Trinajstić information content (AvgIpc) is 2.65. The minimum Gasteiger partial charge on any atom is -0.486 e. The number of nitrogens with zero attached hydrogens (tertiary/aromatic N) is 2. The number of hydrogen-bond acceptors (Lipinski definition) is 5. The van der Waals surface area contributed by atoms with Gasteiger partial charge in [-0.2, -0.15) is 0 Å². The van der Waals surface area contributed by atoms with Gasteiger partial charge in [0.15, 0.2) is 11.5 Å². The summed E-state index contributed by atoms with van der Waals surface area (Å²) in [6, 6.07) is 6.38. The summed E-state index contributed by atoms with van der Waals surface area (Å²) in [6.45, 7) is 6.21. The Balaban J connectivity index is 1.52. The van der Waals surface area contributed by atoms with E-state index in [1.54, 1.807) is 0 Å². The second-order valence-electron chi connectivity index (χ2n) is 7.02. The molecule has 1 atom stereocenters. The number of hydrogen-bond donors (Lipinski definition) is 0. The number of thioether (sulfide) groups is 1. The zero-order valence-corrected chi connectivity index (χ0v) is 16.1. The van der Waals surface area contributed by atoms with Gasteiger partial charge in [-0.1, -0.05) is 11.8 Å². The maximum atomic E-state index is 12.6. The Morgan fingerprint density at radius 1 is 1.23 bits per heavy atom. The lowest BCUT2D eigenvalue weighted by Crippen LogP contribution is -2.42. The highest BCUT2D eigenvalue weighted by Crippen LogP contribution is 2.35. The van der Waals surface area contributed by atoms with Crippen LogP contribution in [0.4, 0.5) is 0 Å². The lowest BCUT2D eigenvalue weighted by atomic mass is 10.0. The first-order valence-electron chi connectivity index (χ1n) is 9.25. The van der Waals surface area contributed by atoms with E-state index in [-0.39, 0.29) is 5.91 Å². The van der Waals surface area contributed by atoms with E-state index in [1.165, 1.54) is 18.2 Å². The van der Waals surface area contributed by atoms with E-state index < -0.39 is 0 Å². The van der Waals surface area contributed by atoms with Crippen LogP contribution in [-0.4, -0.2) is 47.3 Å². The number of piperidine rings is 1. The molecule has 138 valence electrons. The Labute approximate surface area is 158 Å². The van der Waals surface area contributed by atoms with Crippen molar-refractivity contribution in [3.05, 3.63) is 23.8 Å². The van der Waals surface area contributed by atoms with E-state index in [9.17, 15) is 4.79 Å². The molecule has 1 aromatic carbocycles. The zero-order chi connectivity index (χ0) is 18.1. The number of rotatable bonds is 3. The predicted octanol–water partition coefficient (Wildman–Crippen LogP) is 3.81. The largest absolute Gasteiger partial charge is 0.486 e. The number of aromatic nitrogens is 1. The van der Waals surface area contributed by atoms with Crippen molar-refractivity contribution in [1.82, 2.24) is 9.88 Å². The Bertz CT molecular complexity index is 839. The van der Waals surface area contributed by atoms with Crippen molar-refractivity contribution in [1.29, 1.82) is 0 Å². The number of ether oxygens (including phenoxy) is 2. The number of likely N-dealkylation sites (tertiary alicyclic amines) is 1. The van der Waals surface area contributed by atoms with Crippen LogP contribution in [0.1, 0.15) is 31.7 Å². The van der Waals surface area contributed by atoms with Crippen LogP contribution in [0, 0.1) is 6.92 Å². The summed E-state index contributed by atoms with van der Waals surface area (Å²) in [7, 11) is 0. The molecule has 6 heteroatoms. The van der Waals surface area contributed by atoms with Crippen LogP contribution in [0.3, 0.4) is 0 Å². The molecule has 4 rings (SSSR count). The van der Waals surface area contributed by atoms with Gasteiger partial charge < -0.3 is 14.4 Å². The van der Waals surface area contributed by atoms with Gasteiger partial charge in [-0.3, -0.25) is 4.79 Å². The first kappa shape index (κ1) is 17.5. The first-order chi connectivity index (χ1) is 12.6. The van der Waals surface area contributed by atoms with Crippen LogP contribution in [0.5, 0.6) is 11.5 Å². The monoisotopic (exact) mass is 372 g/mol. The van der Waals surface area contributed by atoms with Crippen molar-refractivity contribution in [2.75, 3.05) is 25.5 Å². The van der Waals surface area contributed by atoms with Gasteiger partial charge in [-0.25, -0.2) is 4.98 Å².